The van der Waals surface area contributed by atoms with Crippen LogP contribution in [0.25, 0.3) is 122 Å². The topological polar surface area (TPSA) is 77.3 Å². The molecule has 4 heterocycles. The second kappa shape index (κ2) is 14.7. The van der Waals surface area contributed by atoms with E-state index in [1.165, 1.54) is 32.3 Å². The Balaban J connectivity index is 1.06. The minimum atomic E-state index is 0.601. The van der Waals surface area contributed by atoms with E-state index in [4.69, 9.17) is 19.9 Å². The molecule has 0 saturated carbocycles. The molecule has 4 aromatic heterocycles. The summed E-state index contributed by atoms with van der Waals surface area (Å²) in [4.78, 5) is 29.5. The van der Waals surface area contributed by atoms with Crippen LogP contribution in [0.2, 0.25) is 0 Å². The van der Waals surface area contributed by atoms with Gasteiger partial charge in [0.15, 0.2) is 17.5 Å². The van der Waals surface area contributed by atoms with E-state index in [0.717, 1.165) is 72.0 Å². The Labute approximate surface area is 357 Å². The van der Waals surface area contributed by atoms with Crippen LogP contribution >= 0.6 is 0 Å². The molecule has 0 aliphatic rings. The molecular weight excluding hydrogens is 757 g/mol. The molecule has 6 nitrogen and oxygen atoms in total. The quantitative estimate of drug-likeness (QED) is 0.156. The van der Waals surface area contributed by atoms with Crippen LogP contribution in [0.5, 0.6) is 0 Å². The second-order valence-electron chi connectivity index (χ2n) is 15.5. The van der Waals surface area contributed by atoms with Gasteiger partial charge in [0.1, 0.15) is 0 Å². The van der Waals surface area contributed by atoms with Crippen molar-refractivity contribution >= 4 is 54.1 Å². The zero-order chi connectivity index (χ0) is 41.0. The molecule has 0 atom stereocenters. The number of aromatic nitrogens is 6. The molecule has 0 unspecified atom stereocenters. The van der Waals surface area contributed by atoms with Gasteiger partial charge in [-0.2, -0.15) is 0 Å². The van der Waals surface area contributed by atoms with E-state index in [9.17, 15) is 0 Å². The van der Waals surface area contributed by atoms with Crippen molar-refractivity contribution in [3.05, 3.63) is 207 Å². The van der Waals surface area contributed by atoms with Gasteiger partial charge in [-0.05, 0) is 97.0 Å². The average Bonchev–Trinajstić information content (AvgIpc) is 3.36. The van der Waals surface area contributed by atoms with E-state index in [2.05, 4.69) is 119 Å². The highest BCUT2D eigenvalue weighted by Gasteiger charge is 2.17. The summed E-state index contributed by atoms with van der Waals surface area (Å²) in [6.07, 6.45) is 5.50. The predicted octanol–water partition coefficient (Wildman–Crippen LogP) is 13.8. The molecule has 6 heteroatoms. The van der Waals surface area contributed by atoms with Gasteiger partial charge in [0.2, 0.25) is 0 Å². The third-order valence-electron chi connectivity index (χ3n) is 11.8. The lowest BCUT2D eigenvalue weighted by Gasteiger charge is -2.15. The van der Waals surface area contributed by atoms with Gasteiger partial charge in [-0.3, -0.25) is 9.97 Å². The fraction of sp³-hybridized carbons (Fsp3) is 0. The summed E-state index contributed by atoms with van der Waals surface area (Å²) >= 11 is 0. The van der Waals surface area contributed by atoms with E-state index in [-0.39, 0.29) is 0 Å². The van der Waals surface area contributed by atoms with Crippen molar-refractivity contribution in [3.63, 3.8) is 0 Å². The van der Waals surface area contributed by atoms with Crippen molar-refractivity contribution in [2.24, 2.45) is 0 Å². The standard InChI is InChI=1S/C56H34N6/c1-3-12-37(13-4-1)54-60-55(38-14-5-2-6-15-38)62-56(61-54)42-31-40(35-21-23-36(24-22-35)52-48-27-29-57-34-50(48)53-51(59-52)20-11-28-58-53)30-41(32-42)39-25-26-47-45-18-8-7-16-43(45)44-17-9-10-19-46(44)49(47)33-39/h1-34H. The summed E-state index contributed by atoms with van der Waals surface area (Å²) < 4.78 is 0. The highest BCUT2D eigenvalue weighted by Crippen LogP contribution is 2.40. The molecule has 0 radical (unpaired) electrons. The van der Waals surface area contributed by atoms with Crippen molar-refractivity contribution in [1.82, 2.24) is 29.9 Å². The summed E-state index contributed by atoms with van der Waals surface area (Å²) in [5.41, 5.74) is 10.6. The van der Waals surface area contributed by atoms with Gasteiger partial charge in [-0.15, -0.1) is 0 Å². The van der Waals surface area contributed by atoms with E-state index in [0.29, 0.717) is 17.5 Å². The molecule has 0 amide bonds. The van der Waals surface area contributed by atoms with E-state index in [1.54, 1.807) is 6.20 Å². The molecule has 288 valence electrons. The lowest BCUT2D eigenvalue weighted by atomic mass is 9.90. The minimum absolute atomic E-state index is 0.601. The molecular formula is C56H34N6. The second-order valence-corrected chi connectivity index (χ2v) is 15.5. The third kappa shape index (κ3) is 6.13. The number of hydrogen-bond acceptors (Lipinski definition) is 6. The maximum absolute atomic E-state index is 5.16. The molecule has 12 rings (SSSR count). The molecule has 62 heavy (non-hydrogen) atoms. The van der Waals surface area contributed by atoms with Gasteiger partial charge in [0, 0.05) is 51.6 Å². The summed E-state index contributed by atoms with van der Waals surface area (Å²) in [7, 11) is 0. The molecule has 0 fully saturated rings. The van der Waals surface area contributed by atoms with Gasteiger partial charge >= 0.3 is 0 Å². The van der Waals surface area contributed by atoms with Gasteiger partial charge in [-0.1, -0.05) is 146 Å². The normalized spacial score (nSPS) is 11.5. The summed E-state index contributed by atoms with van der Waals surface area (Å²) in [6.45, 7) is 0. The first-order chi connectivity index (χ1) is 30.7. The smallest absolute Gasteiger partial charge is 0.164 e. The highest BCUT2D eigenvalue weighted by molar-refractivity contribution is 6.25. The number of hydrogen-bond donors (Lipinski definition) is 0. The Morgan fingerprint density at radius 1 is 0.274 bits per heavy atom. The molecule has 0 bridgehead atoms. The highest BCUT2D eigenvalue weighted by atomic mass is 15.0. The minimum Gasteiger partial charge on any atom is -0.264 e. The Bertz CT molecular complexity index is 3590. The van der Waals surface area contributed by atoms with E-state index < -0.39 is 0 Å². The van der Waals surface area contributed by atoms with Crippen LogP contribution in [0.3, 0.4) is 0 Å². The van der Waals surface area contributed by atoms with Gasteiger partial charge in [0.05, 0.1) is 16.7 Å². The predicted molar refractivity (Wildman–Crippen MR) is 253 cm³/mol. The van der Waals surface area contributed by atoms with Crippen molar-refractivity contribution in [1.29, 1.82) is 0 Å². The average molecular weight is 791 g/mol. The SMILES string of the molecule is c1ccc(-c2nc(-c3ccccc3)nc(-c3cc(-c4ccc(-c5nc6cccnc6c6cnccc56)cc4)cc(-c4ccc5c6ccccc6c6ccccc6c5c4)c3)n2)cc1. The Kier molecular flexibility index (Phi) is 8.38. The van der Waals surface area contributed by atoms with Crippen LogP contribution in [0.1, 0.15) is 0 Å². The van der Waals surface area contributed by atoms with Crippen molar-refractivity contribution in [2.75, 3.05) is 0 Å². The first-order valence-corrected chi connectivity index (χ1v) is 20.7. The van der Waals surface area contributed by atoms with Gasteiger partial charge in [0.25, 0.3) is 0 Å². The molecule has 0 spiro atoms. The molecule has 0 N–H and O–H groups in total. The lowest BCUT2D eigenvalue weighted by Crippen LogP contribution is -2.00. The molecule has 12 aromatic rings. The number of benzene rings is 8. The number of fused-ring (bicyclic) bond motifs is 9. The van der Waals surface area contributed by atoms with Crippen LogP contribution in [0.4, 0.5) is 0 Å². The number of nitrogens with zero attached hydrogens (tertiary/aromatic N) is 6. The Hall–Kier alpha value is -8.48. The van der Waals surface area contributed by atoms with E-state index in [1.807, 2.05) is 91.3 Å². The number of rotatable bonds is 6. The van der Waals surface area contributed by atoms with Crippen molar-refractivity contribution < 1.29 is 0 Å². The fourth-order valence-corrected chi connectivity index (χ4v) is 8.82. The zero-order valence-corrected chi connectivity index (χ0v) is 33.3. The summed E-state index contributed by atoms with van der Waals surface area (Å²) in [5, 5.41) is 9.42. The Morgan fingerprint density at radius 3 is 1.44 bits per heavy atom. The van der Waals surface area contributed by atoms with Gasteiger partial charge < -0.3 is 0 Å². The molecule has 8 aromatic carbocycles. The lowest BCUT2D eigenvalue weighted by molar-refractivity contribution is 1.07. The summed E-state index contributed by atoms with van der Waals surface area (Å²) in [5.74, 6) is 1.84. The first-order valence-electron chi connectivity index (χ1n) is 20.7. The van der Waals surface area contributed by atoms with Crippen LogP contribution in [-0.2, 0) is 0 Å². The van der Waals surface area contributed by atoms with Gasteiger partial charge in [-0.25, -0.2) is 19.9 Å². The first kappa shape index (κ1) is 35.5. The van der Waals surface area contributed by atoms with Crippen LogP contribution in [0, 0.1) is 0 Å². The molecule has 0 aliphatic heterocycles. The van der Waals surface area contributed by atoms with Crippen LogP contribution in [0.15, 0.2) is 207 Å². The zero-order valence-electron chi connectivity index (χ0n) is 33.3. The summed E-state index contributed by atoms with van der Waals surface area (Å²) in [6, 6.07) is 65.8. The third-order valence-corrected chi connectivity index (χ3v) is 11.8. The maximum atomic E-state index is 5.16. The largest absolute Gasteiger partial charge is 0.264 e. The van der Waals surface area contributed by atoms with Crippen molar-refractivity contribution in [2.45, 2.75) is 0 Å². The van der Waals surface area contributed by atoms with E-state index >= 15 is 0 Å². The Morgan fingerprint density at radius 2 is 0.790 bits per heavy atom. The maximum Gasteiger partial charge on any atom is 0.164 e. The van der Waals surface area contributed by atoms with Crippen LogP contribution in [-0.4, -0.2) is 29.9 Å². The molecule has 0 aliphatic carbocycles. The molecule has 0 saturated heterocycles. The van der Waals surface area contributed by atoms with Crippen LogP contribution < -0.4 is 0 Å². The monoisotopic (exact) mass is 790 g/mol. The fourth-order valence-electron chi connectivity index (χ4n) is 8.82. The number of pyridine rings is 3. The van der Waals surface area contributed by atoms with Crippen molar-refractivity contribution in [3.8, 4) is 67.7 Å².